The molecular formula is C18H19F2N7. The molecule has 0 aliphatic carbocycles. The Morgan fingerprint density at radius 3 is 2.89 bits per heavy atom. The molecule has 0 amide bonds. The molecule has 0 aromatic carbocycles. The van der Waals surface area contributed by atoms with Crippen LogP contribution in [-0.4, -0.2) is 50.5 Å². The molecule has 2 fully saturated rings. The summed E-state index contributed by atoms with van der Waals surface area (Å²) in [6, 6.07) is 1.90. The minimum absolute atomic E-state index is 0.298. The molecule has 2 saturated heterocycles. The van der Waals surface area contributed by atoms with E-state index in [2.05, 4.69) is 25.2 Å². The molecular weight excluding hydrogens is 352 g/mol. The molecule has 2 aliphatic heterocycles. The summed E-state index contributed by atoms with van der Waals surface area (Å²) in [5.74, 6) is 1.33. The number of hydrogen-bond donors (Lipinski definition) is 1. The second kappa shape index (κ2) is 6.19. The fourth-order valence-corrected chi connectivity index (χ4v) is 4.11. The summed E-state index contributed by atoms with van der Waals surface area (Å²) in [6.45, 7) is 4.07. The number of fused-ring (bicyclic) bond motifs is 1. The highest BCUT2D eigenvalue weighted by Crippen LogP contribution is 2.37. The Morgan fingerprint density at radius 2 is 2.07 bits per heavy atom. The molecule has 0 radical (unpaired) electrons. The van der Waals surface area contributed by atoms with Crippen LogP contribution in [-0.2, 0) is 0 Å². The Morgan fingerprint density at radius 1 is 1.15 bits per heavy atom. The Hall–Kier alpha value is -2.68. The Labute approximate surface area is 154 Å². The van der Waals surface area contributed by atoms with Crippen LogP contribution in [0.5, 0.6) is 0 Å². The standard InChI is InChI=1S/C18H19F2N7/c19-16(20)12-9-27-13(7-24-15(27)8-23-12)17-22-4-1-14(25-17)26-6-3-18(11-26)2-5-21-10-18/h1,4,7-9,16,21H,2-3,5-6,10-11H2. The molecule has 1 spiro atoms. The monoisotopic (exact) mass is 371 g/mol. The lowest BCUT2D eigenvalue weighted by Gasteiger charge is -2.23. The summed E-state index contributed by atoms with van der Waals surface area (Å²) in [5, 5.41) is 3.46. The Balaban J connectivity index is 1.49. The fraction of sp³-hybridized carbons (Fsp3) is 0.444. The SMILES string of the molecule is FC(F)c1cn2c(-c3nccc(N4CCC5(CCNC5)C4)n3)cnc2cn1. The van der Waals surface area contributed by atoms with Gasteiger partial charge in [0.05, 0.1) is 12.4 Å². The van der Waals surface area contributed by atoms with E-state index in [9.17, 15) is 8.78 Å². The van der Waals surface area contributed by atoms with Crippen molar-refractivity contribution in [1.29, 1.82) is 0 Å². The van der Waals surface area contributed by atoms with Crippen LogP contribution < -0.4 is 10.2 Å². The van der Waals surface area contributed by atoms with E-state index in [0.29, 0.717) is 22.6 Å². The van der Waals surface area contributed by atoms with Crippen molar-refractivity contribution >= 4 is 11.5 Å². The van der Waals surface area contributed by atoms with Crippen LogP contribution in [0.2, 0.25) is 0 Å². The van der Waals surface area contributed by atoms with Crippen molar-refractivity contribution in [2.45, 2.75) is 19.3 Å². The first-order chi connectivity index (χ1) is 13.1. The van der Waals surface area contributed by atoms with Gasteiger partial charge in [-0.15, -0.1) is 0 Å². The highest BCUT2D eigenvalue weighted by atomic mass is 19.3. The van der Waals surface area contributed by atoms with Crippen LogP contribution >= 0.6 is 0 Å². The summed E-state index contributed by atoms with van der Waals surface area (Å²) >= 11 is 0. The first kappa shape index (κ1) is 16.5. The van der Waals surface area contributed by atoms with Gasteiger partial charge in [-0.2, -0.15) is 0 Å². The van der Waals surface area contributed by atoms with Gasteiger partial charge < -0.3 is 10.2 Å². The lowest BCUT2D eigenvalue weighted by atomic mass is 9.87. The number of anilines is 1. The van der Waals surface area contributed by atoms with Crippen molar-refractivity contribution in [1.82, 2.24) is 29.7 Å². The summed E-state index contributed by atoms with van der Waals surface area (Å²) in [7, 11) is 0. The maximum atomic E-state index is 13.0. The predicted octanol–water partition coefficient (Wildman–Crippen LogP) is 2.31. The van der Waals surface area contributed by atoms with E-state index in [0.717, 1.165) is 38.4 Å². The third kappa shape index (κ3) is 2.82. The van der Waals surface area contributed by atoms with Gasteiger partial charge in [0.1, 0.15) is 17.2 Å². The summed E-state index contributed by atoms with van der Waals surface area (Å²) in [4.78, 5) is 19.3. The second-order valence-electron chi connectivity index (χ2n) is 7.32. The van der Waals surface area contributed by atoms with Crippen molar-refractivity contribution in [2.75, 3.05) is 31.1 Å². The van der Waals surface area contributed by atoms with Crippen molar-refractivity contribution in [2.24, 2.45) is 5.41 Å². The number of hydrogen-bond acceptors (Lipinski definition) is 6. The van der Waals surface area contributed by atoms with Crippen LogP contribution in [0, 0.1) is 5.41 Å². The summed E-state index contributed by atoms with van der Waals surface area (Å²) in [5.41, 5.74) is 1.10. The van der Waals surface area contributed by atoms with Gasteiger partial charge >= 0.3 is 0 Å². The van der Waals surface area contributed by atoms with Gasteiger partial charge in [0.2, 0.25) is 0 Å². The summed E-state index contributed by atoms with van der Waals surface area (Å²) in [6.07, 6.45) is 5.65. The van der Waals surface area contributed by atoms with Gasteiger partial charge in [0.25, 0.3) is 6.43 Å². The highest BCUT2D eigenvalue weighted by Gasteiger charge is 2.40. The lowest BCUT2D eigenvalue weighted by Crippen LogP contribution is -2.29. The number of aromatic nitrogens is 5. The van der Waals surface area contributed by atoms with Gasteiger partial charge in [-0.3, -0.25) is 4.40 Å². The first-order valence-electron chi connectivity index (χ1n) is 9.04. The van der Waals surface area contributed by atoms with Crippen LogP contribution in [0.1, 0.15) is 25.0 Å². The zero-order valence-corrected chi connectivity index (χ0v) is 14.6. The van der Waals surface area contributed by atoms with E-state index < -0.39 is 6.43 Å². The van der Waals surface area contributed by atoms with Crippen LogP contribution in [0.25, 0.3) is 17.2 Å². The van der Waals surface area contributed by atoms with Crippen molar-refractivity contribution in [3.8, 4) is 11.5 Å². The number of halogens is 2. The maximum absolute atomic E-state index is 13.0. The third-order valence-electron chi connectivity index (χ3n) is 5.60. The second-order valence-corrected chi connectivity index (χ2v) is 7.32. The smallest absolute Gasteiger partial charge is 0.281 e. The molecule has 1 unspecified atom stereocenters. The lowest BCUT2D eigenvalue weighted by molar-refractivity contribution is 0.145. The molecule has 9 heteroatoms. The van der Waals surface area contributed by atoms with Crippen molar-refractivity contribution in [3.63, 3.8) is 0 Å². The van der Waals surface area contributed by atoms with Crippen LogP contribution in [0.3, 0.4) is 0 Å². The van der Waals surface area contributed by atoms with Crippen LogP contribution in [0.15, 0.2) is 30.9 Å². The molecule has 0 bridgehead atoms. The molecule has 1 N–H and O–H groups in total. The number of alkyl halides is 2. The average Bonchev–Trinajstić information content (AvgIpc) is 3.42. The van der Waals surface area contributed by atoms with Gasteiger partial charge in [0, 0.05) is 37.4 Å². The maximum Gasteiger partial charge on any atom is 0.281 e. The van der Waals surface area contributed by atoms with E-state index in [4.69, 9.17) is 4.98 Å². The first-order valence-corrected chi connectivity index (χ1v) is 9.04. The quantitative estimate of drug-likeness (QED) is 0.762. The minimum Gasteiger partial charge on any atom is -0.356 e. The van der Waals surface area contributed by atoms with E-state index >= 15 is 0 Å². The fourth-order valence-electron chi connectivity index (χ4n) is 4.11. The molecule has 0 saturated carbocycles. The molecule has 1 atom stereocenters. The number of rotatable bonds is 3. The normalized spacial score (nSPS) is 22.6. The van der Waals surface area contributed by atoms with Crippen LogP contribution in [0.4, 0.5) is 14.6 Å². The molecule has 5 rings (SSSR count). The zero-order valence-electron chi connectivity index (χ0n) is 14.6. The van der Waals surface area contributed by atoms with Gasteiger partial charge in [-0.05, 0) is 25.5 Å². The number of nitrogens with one attached hydrogen (secondary N) is 1. The predicted molar refractivity (Wildman–Crippen MR) is 95.7 cm³/mol. The molecule has 27 heavy (non-hydrogen) atoms. The Kier molecular flexibility index (Phi) is 3.78. The minimum atomic E-state index is -2.64. The molecule has 7 nitrogen and oxygen atoms in total. The van der Waals surface area contributed by atoms with Crippen molar-refractivity contribution in [3.05, 3.63) is 36.5 Å². The van der Waals surface area contributed by atoms with Crippen molar-refractivity contribution < 1.29 is 8.78 Å². The van der Waals surface area contributed by atoms with E-state index in [1.165, 1.54) is 18.8 Å². The topological polar surface area (TPSA) is 71.2 Å². The van der Waals surface area contributed by atoms with Gasteiger partial charge in [-0.1, -0.05) is 0 Å². The molecule has 140 valence electrons. The number of imidazole rings is 1. The molecule has 5 heterocycles. The van der Waals surface area contributed by atoms with Gasteiger partial charge in [0.15, 0.2) is 11.5 Å². The zero-order chi connectivity index (χ0) is 18.4. The molecule has 2 aliphatic rings. The largest absolute Gasteiger partial charge is 0.356 e. The average molecular weight is 371 g/mol. The summed E-state index contributed by atoms with van der Waals surface area (Å²) < 4.78 is 27.6. The van der Waals surface area contributed by atoms with E-state index in [1.807, 2.05) is 6.07 Å². The third-order valence-corrected chi connectivity index (χ3v) is 5.60. The van der Waals surface area contributed by atoms with E-state index in [-0.39, 0.29) is 5.69 Å². The number of nitrogens with zero attached hydrogens (tertiary/aromatic N) is 6. The van der Waals surface area contributed by atoms with Gasteiger partial charge in [-0.25, -0.2) is 28.7 Å². The highest BCUT2D eigenvalue weighted by molar-refractivity contribution is 5.58. The molecule has 3 aromatic heterocycles. The Bertz CT molecular complexity index is 981. The molecule has 3 aromatic rings. The van der Waals surface area contributed by atoms with E-state index in [1.54, 1.807) is 16.8 Å².